The zero-order valence-electron chi connectivity index (χ0n) is 11.3. The maximum absolute atomic E-state index is 11.9. The number of hydrogen-bond acceptors (Lipinski definition) is 5. The first-order valence-electron chi connectivity index (χ1n) is 5.88. The molecule has 0 atom stereocenters. The van der Waals surface area contributed by atoms with Gasteiger partial charge in [-0.05, 0) is 18.4 Å². The molecule has 1 heterocycles. The molecule has 1 aromatic rings. The average molecular weight is 305 g/mol. The van der Waals surface area contributed by atoms with Crippen molar-refractivity contribution < 1.29 is 14.5 Å². The van der Waals surface area contributed by atoms with E-state index in [9.17, 15) is 19.7 Å². The third kappa shape index (κ3) is 2.84. The summed E-state index contributed by atoms with van der Waals surface area (Å²) in [6.45, 7) is 1.30. The van der Waals surface area contributed by atoms with E-state index in [4.69, 9.17) is 0 Å². The lowest BCUT2D eigenvalue weighted by Gasteiger charge is -2.15. The van der Waals surface area contributed by atoms with Crippen molar-refractivity contribution in [2.45, 2.75) is 6.92 Å². The van der Waals surface area contributed by atoms with Crippen molar-refractivity contribution in [2.24, 2.45) is 4.99 Å². The number of hydrogen-bond donors (Lipinski definition) is 0. The van der Waals surface area contributed by atoms with Crippen molar-refractivity contribution in [2.75, 3.05) is 6.26 Å². The second-order valence-corrected chi connectivity index (χ2v) is 4.88. The van der Waals surface area contributed by atoms with E-state index in [2.05, 4.69) is 4.99 Å². The summed E-state index contributed by atoms with van der Waals surface area (Å²) in [7, 11) is 0. The molecule has 7 nitrogen and oxygen atoms in total. The highest BCUT2D eigenvalue weighted by Crippen LogP contribution is 2.27. The maximum Gasteiger partial charge on any atom is 0.296 e. The molecule has 8 heteroatoms. The summed E-state index contributed by atoms with van der Waals surface area (Å²) in [6, 6.07) is 5.99. The first-order chi connectivity index (χ1) is 9.95. The Morgan fingerprint density at radius 3 is 2.67 bits per heavy atom. The first-order valence-corrected chi connectivity index (χ1v) is 7.11. The molecular weight excluding hydrogens is 294 g/mol. The number of rotatable bonds is 2. The van der Waals surface area contributed by atoms with Gasteiger partial charge in [0.05, 0.1) is 10.5 Å². The first kappa shape index (κ1) is 14.9. The number of para-hydroxylation sites is 1. The summed E-state index contributed by atoms with van der Waals surface area (Å²) < 4.78 is 0. The van der Waals surface area contributed by atoms with E-state index in [1.807, 2.05) is 0 Å². The minimum absolute atomic E-state index is 0.0150. The Morgan fingerprint density at radius 2 is 2.10 bits per heavy atom. The molecule has 0 saturated carbocycles. The lowest BCUT2D eigenvalue weighted by atomic mass is 10.1. The van der Waals surface area contributed by atoms with Crippen LogP contribution in [0, 0.1) is 10.1 Å². The van der Waals surface area contributed by atoms with E-state index in [0.717, 1.165) is 16.7 Å². The molecule has 0 saturated heterocycles. The molecule has 0 radical (unpaired) electrons. The predicted molar refractivity (Wildman–Crippen MR) is 79.6 cm³/mol. The smallest absolute Gasteiger partial charge is 0.274 e. The quantitative estimate of drug-likeness (QED) is 0.473. The third-order valence-corrected chi connectivity index (χ3v) is 3.41. The topological polar surface area (TPSA) is 92.9 Å². The van der Waals surface area contributed by atoms with E-state index in [-0.39, 0.29) is 28.0 Å². The van der Waals surface area contributed by atoms with Crippen LogP contribution in [-0.2, 0) is 9.59 Å². The van der Waals surface area contributed by atoms with Crippen molar-refractivity contribution in [1.29, 1.82) is 0 Å². The molecule has 108 valence electrons. The van der Waals surface area contributed by atoms with E-state index < -0.39 is 10.8 Å². The van der Waals surface area contributed by atoms with Gasteiger partial charge in [-0.2, -0.15) is 4.99 Å². The second kappa shape index (κ2) is 5.88. The lowest BCUT2D eigenvalue weighted by Crippen LogP contribution is -2.29. The Kier molecular flexibility index (Phi) is 4.18. The Hall–Kier alpha value is -2.48. The van der Waals surface area contributed by atoms with Gasteiger partial charge in [0, 0.05) is 13.0 Å². The van der Waals surface area contributed by atoms with Crippen LogP contribution in [0.1, 0.15) is 12.5 Å². The minimum atomic E-state index is -0.590. The Labute approximate surface area is 124 Å². The van der Waals surface area contributed by atoms with E-state index >= 15 is 0 Å². The summed E-state index contributed by atoms with van der Waals surface area (Å²) >= 11 is 1.16. The molecule has 0 fully saturated rings. The van der Waals surface area contributed by atoms with Gasteiger partial charge in [-0.3, -0.25) is 24.6 Å². The number of amidine groups is 1. The third-order valence-electron chi connectivity index (χ3n) is 2.77. The predicted octanol–water partition coefficient (Wildman–Crippen LogP) is 2.04. The maximum atomic E-state index is 11.9. The van der Waals surface area contributed by atoms with Crippen molar-refractivity contribution in [3.8, 4) is 0 Å². The molecule has 2 rings (SSSR count). The normalized spacial score (nSPS) is 16.3. The van der Waals surface area contributed by atoms with Gasteiger partial charge < -0.3 is 0 Å². The Bertz CT molecular complexity index is 696. The molecule has 0 aromatic heterocycles. The fourth-order valence-corrected chi connectivity index (χ4v) is 2.47. The zero-order chi connectivity index (χ0) is 15.6. The molecule has 21 heavy (non-hydrogen) atoms. The van der Waals surface area contributed by atoms with Crippen LogP contribution >= 0.6 is 11.8 Å². The largest absolute Gasteiger partial charge is 0.296 e. The standard InChI is InChI=1S/C13H11N3O4S/c1-8(17)15-11(12(18)14-13(15)21-2)7-9-5-3-4-6-10(9)16(19)20/h3-7H,1-2H3/b11-7+. The SMILES string of the molecule is CSC1=NC(=O)/C(=C\c2ccccc2[N+](=O)[O-])N1C(C)=O. The van der Waals surface area contributed by atoms with Gasteiger partial charge in [-0.1, -0.05) is 23.9 Å². The van der Waals surface area contributed by atoms with Crippen LogP contribution in [0.4, 0.5) is 5.69 Å². The molecule has 0 unspecified atom stereocenters. The van der Waals surface area contributed by atoms with Gasteiger partial charge in [-0.25, -0.2) is 0 Å². The van der Waals surface area contributed by atoms with E-state index in [0.29, 0.717) is 0 Å². The molecule has 0 N–H and O–H groups in total. The molecule has 0 bridgehead atoms. The number of benzene rings is 1. The van der Waals surface area contributed by atoms with Gasteiger partial charge in [0.15, 0.2) is 5.17 Å². The number of aliphatic imine (C=N–C) groups is 1. The number of nitrogens with zero attached hydrogens (tertiary/aromatic N) is 3. The summed E-state index contributed by atoms with van der Waals surface area (Å²) in [5.74, 6) is -0.966. The number of carbonyl (C=O) groups excluding carboxylic acids is 2. The van der Waals surface area contributed by atoms with Crippen molar-refractivity contribution in [3.05, 3.63) is 45.6 Å². The summed E-state index contributed by atoms with van der Waals surface area (Å²) in [5.41, 5.74) is 0.120. The number of nitro groups is 1. The summed E-state index contributed by atoms with van der Waals surface area (Å²) in [6.07, 6.45) is 3.00. The monoisotopic (exact) mass is 305 g/mol. The van der Waals surface area contributed by atoms with Gasteiger partial charge in [0.1, 0.15) is 5.70 Å². The van der Waals surface area contributed by atoms with Crippen LogP contribution < -0.4 is 0 Å². The zero-order valence-corrected chi connectivity index (χ0v) is 12.1. The van der Waals surface area contributed by atoms with Crippen molar-refractivity contribution in [1.82, 2.24) is 4.90 Å². The highest BCUT2D eigenvalue weighted by molar-refractivity contribution is 8.13. The van der Waals surface area contributed by atoms with Crippen molar-refractivity contribution in [3.63, 3.8) is 0 Å². The van der Waals surface area contributed by atoms with Gasteiger partial charge in [-0.15, -0.1) is 0 Å². The van der Waals surface area contributed by atoms with Crippen LogP contribution in [0.2, 0.25) is 0 Å². The fraction of sp³-hybridized carbons (Fsp3) is 0.154. The highest BCUT2D eigenvalue weighted by atomic mass is 32.2. The van der Waals surface area contributed by atoms with Gasteiger partial charge in [0.25, 0.3) is 11.6 Å². The van der Waals surface area contributed by atoms with Gasteiger partial charge in [0.2, 0.25) is 5.91 Å². The minimum Gasteiger partial charge on any atom is -0.274 e. The molecule has 1 aliphatic rings. The number of carbonyl (C=O) groups is 2. The fourth-order valence-electron chi connectivity index (χ4n) is 1.88. The highest BCUT2D eigenvalue weighted by Gasteiger charge is 2.32. The molecule has 1 aliphatic heterocycles. The molecule has 0 aliphatic carbocycles. The number of nitro benzene ring substituents is 1. The summed E-state index contributed by atoms with van der Waals surface area (Å²) in [4.78, 5) is 39.0. The number of amides is 2. The summed E-state index contributed by atoms with van der Waals surface area (Å²) in [5, 5.41) is 11.3. The van der Waals surface area contributed by atoms with Crippen LogP contribution in [0.15, 0.2) is 35.0 Å². The molecular formula is C13H11N3O4S. The number of thioether (sulfide) groups is 1. The Morgan fingerprint density at radius 1 is 1.43 bits per heavy atom. The Balaban J connectivity index is 2.53. The second-order valence-electron chi connectivity index (χ2n) is 4.10. The van der Waals surface area contributed by atoms with Crippen LogP contribution in [0.3, 0.4) is 0 Å². The molecule has 1 aromatic carbocycles. The van der Waals surface area contributed by atoms with Crippen LogP contribution in [0.5, 0.6) is 0 Å². The average Bonchev–Trinajstić information content (AvgIpc) is 2.76. The molecule has 2 amide bonds. The lowest BCUT2D eigenvalue weighted by molar-refractivity contribution is -0.385. The van der Waals surface area contributed by atoms with E-state index in [1.165, 1.54) is 31.2 Å². The van der Waals surface area contributed by atoms with E-state index in [1.54, 1.807) is 12.3 Å². The van der Waals surface area contributed by atoms with Crippen molar-refractivity contribution >= 4 is 40.5 Å². The molecule has 0 spiro atoms. The van der Waals surface area contributed by atoms with Crippen LogP contribution in [-0.4, -0.2) is 33.1 Å². The van der Waals surface area contributed by atoms with Gasteiger partial charge >= 0.3 is 0 Å². The van der Waals surface area contributed by atoms with Crippen LogP contribution in [0.25, 0.3) is 6.08 Å².